The Morgan fingerprint density at radius 2 is 2.05 bits per heavy atom. The van der Waals surface area contributed by atoms with Gasteiger partial charge in [0.15, 0.2) is 0 Å². The summed E-state index contributed by atoms with van der Waals surface area (Å²) in [6.07, 6.45) is 0.159. The molecule has 0 fully saturated rings. The standard InChI is InChI=1S/C10H12F4O5S/c1-18-8(15)9(6-11)4-2-7(3-5-9)19-20(16,17)10(12,13)14/h2H,3-6H2,1H3. The normalized spacial score (nSPS) is 23.9. The molecule has 1 rings (SSSR count). The van der Waals surface area contributed by atoms with Crippen LogP contribution in [0.25, 0.3) is 0 Å². The molecule has 0 amide bonds. The van der Waals surface area contributed by atoms with Gasteiger partial charge in [-0.2, -0.15) is 21.6 Å². The van der Waals surface area contributed by atoms with E-state index in [2.05, 4.69) is 8.92 Å². The summed E-state index contributed by atoms with van der Waals surface area (Å²) < 4.78 is 79.2. The fraction of sp³-hybridized carbons (Fsp3) is 0.700. The molecule has 0 spiro atoms. The molecule has 0 saturated heterocycles. The van der Waals surface area contributed by atoms with E-state index >= 15 is 0 Å². The Labute approximate surface area is 112 Å². The molecule has 0 aromatic heterocycles. The van der Waals surface area contributed by atoms with Crippen LogP contribution in [0.1, 0.15) is 19.3 Å². The van der Waals surface area contributed by atoms with Gasteiger partial charge in [-0.05, 0) is 18.9 Å². The lowest BCUT2D eigenvalue weighted by Crippen LogP contribution is -2.36. The van der Waals surface area contributed by atoms with Crippen molar-refractivity contribution in [1.82, 2.24) is 0 Å². The highest BCUT2D eigenvalue weighted by atomic mass is 32.2. The summed E-state index contributed by atoms with van der Waals surface area (Å²) in [5, 5.41) is 0. The molecule has 0 bridgehead atoms. The second-order valence-electron chi connectivity index (χ2n) is 4.26. The van der Waals surface area contributed by atoms with Crippen molar-refractivity contribution in [3.8, 4) is 0 Å². The minimum absolute atomic E-state index is 0.199. The Hall–Kier alpha value is -1.32. The van der Waals surface area contributed by atoms with Crippen LogP contribution in [0.4, 0.5) is 17.6 Å². The van der Waals surface area contributed by atoms with E-state index in [1.807, 2.05) is 0 Å². The number of alkyl halides is 4. The number of ether oxygens (including phenoxy) is 1. The molecule has 1 aliphatic rings. The Morgan fingerprint density at radius 3 is 2.40 bits per heavy atom. The quantitative estimate of drug-likeness (QED) is 0.343. The van der Waals surface area contributed by atoms with E-state index in [1.54, 1.807) is 0 Å². The number of rotatable bonds is 4. The Kier molecular flexibility index (Phi) is 4.67. The summed E-state index contributed by atoms with van der Waals surface area (Å²) >= 11 is 0. The minimum Gasteiger partial charge on any atom is -0.469 e. The summed E-state index contributed by atoms with van der Waals surface area (Å²) in [6, 6.07) is 0. The monoisotopic (exact) mass is 320 g/mol. The fourth-order valence-electron chi connectivity index (χ4n) is 1.72. The maximum absolute atomic E-state index is 13.0. The van der Waals surface area contributed by atoms with Crippen LogP contribution in [0.3, 0.4) is 0 Å². The van der Waals surface area contributed by atoms with Crippen LogP contribution in [0.2, 0.25) is 0 Å². The maximum atomic E-state index is 13.0. The molecule has 0 N–H and O–H groups in total. The summed E-state index contributed by atoms with van der Waals surface area (Å²) in [4.78, 5) is 11.4. The molecule has 10 heteroatoms. The van der Waals surface area contributed by atoms with E-state index in [0.717, 1.165) is 13.2 Å². The molecule has 1 atom stereocenters. The van der Waals surface area contributed by atoms with Gasteiger partial charge in [0.1, 0.15) is 17.8 Å². The van der Waals surface area contributed by atoms with Crippen molar-refractivity contribution in [3.63, 3.8) is 0 Å². The summed E-state index contributed by atoms with van der Waals surface area (Å²) in [5.74, 6) is -1.30. The second kappa shape index (κ2) is 5.58. The van der Waals surface area contributed by atoms with Crippen LogP contribution in [0.5, 0.6) is 0 Å². The van der Waals surface area contributed by atoms with E-state index in [-0.39, 0.29) is 19.3 Å². The van der Waals surface area contributed by atoms with Gasteiger partial charge in [-0.15, -0.1) is 0 Å². The van der Waals surface area contributed by atoms with Crippen LogP contribution in [-0.2, 0) is 23.8 Å². The lowest BCUT2D eigenvalue weighted by atomic mass is 9.77. The summed E-state index contributed by atoms with van der Waals surface area (Å²) in [5.41, 5.74) is -7.03. The smallest absolute Gasteiger partial charge is 0.469 e. The topological polar surface area (TPSA) is 69.7 Å². The SMILES string of the molecule is COC(=O)C1(CF)CC=C(OS(=O)(=O)C(F)(F)F)CC1. The highest BCUT2D eigenvalue weighted by Gasteiger charge is 2.49. The van der Waals surface area contributed by atoms with Crippen LogP contribution >= 0.6 is 0 Å². The van der Waals surface area contributed by atoms with Crippen molar-refractivity contribution >= 4 is 16.1 Å². The molecule has 116 valence electrons. The number of esters is 1. The van der Waals surface area contributed by atoms with Gasteiger partial charge in [-0.1, -0.05) is 0 Å². The molecule has 0 aromatic carbocycles. The Balaban J connectivity index is 2.86. The summed E-state index contributed by atoms with van der Waals surface area (Å²) in [7, 11) is -4.69. The third-order valence-corrected chi connectivity index (χ3v) is 3.95. The number of carbonyl (C=O) groups is 1. The van der Waals surface area contributed by atoms with Crippen molar-refractivity contribution < 1.29 is 39.7 Å². The lowest BCUT2D eigenvalue weighted by Gasteiger charge is -2.30. The maximum Gasteiger partial charge on any atom is 0.534 e. The van der Waals surface area contributed by atoms with Crippen LogP contribution < -0.4 is 0 Å². The molecule has 0 saturated carbocycles. The number of hydrogen-bond acceptors (Lipinski definition) is 5. The van der Waals surface area contributed by atoms with E-state index < -0.39 is 39.4 Å². The first-order valence-corrected chi connectivity index (χ1v) is 6.83. The molecule has 0 heterocycles. The van der Waals surface area contributed by atoms with Gasteiger partial charge in [0.2, 0.25) is 0 Å². The van der Waals surface area contributed by atoms with Crippen molar-refractivity contribution in [2.75, 3.05) is 13.8 Å². The van der Waals surface area contributed by atoms with Crippen LogP contribution in [-0.4, -0.2) is 33.7 Å². The molecule has 0 aliphatic heterocycles. The molecule has 5 nitrogen and oxygen atoms in total. The zero-order chi connectivity index (χ0) is 15.6. The van der Waals surface area contributed by atoms with Gasteiger partial charge < -0.3 is 8.92 Å². The van der Waals surface area contributed by atoms with Gasteiger partial charge in [0.25, 0.3) is 0 Å². The lowest BCUT2D eigenvalue weighted by molar-refractivity contribution is -0.154. The predicted molar refractivity (Wildman–Crippen MR) is 58.4 cm³/mol. The van der Waals surface area contributed by atoms with E-state index in [0.29, 0.717) is 0 Å². The fourth-order valence-corrected chi connectivity index (χ4v) is 2.25. The van der Waals surface area contributed by atoms with Gasteiger partial charge in [-0.25, -0.2) is 4.39 Å². The number of halogens is 4. The highest BCUT2D eigenvalue weighted by Crippen LogP contribution is 2.39. The van der Waals surface area contributed by atoms with E-state index in [4.69, 9.17) is 0 Å². The third kappa shape index (κ3) is 3.22. The van der Waals surface area contributed by atoms with Crippen molar-refractivity contribution in [3.05, 3.63) is 11.8 Å². The first-order valence-electron chi connectivity index (χ1n) is 5.42. The largest absolute Gasteiger partial charge is 0.534 e. The Bertz CT molecular complexity index is 510. The number of hydrogen-bond donors (Lipinski definition) is 0. The Morgan fingerprint density at radius 1 is 1.45 bits per heavy atom. The second-order valence-corrected chi connectivity index (χ2v) is 5.80. The molecule has 1 aliphatic carbocycles. The first kappa shape index (κ1) is 16.7. The van der Waals surface area contributed by atoms with Crippen LogP contribution in [0.15, 0.2) is 11.8 Å². The average molecular weight is 320 g/mol. The van der Waals surface area contributed by atoms with E-state index in [1.165, 1.54) is 0 Å². The number of methoxy groups -OCH3 is 1. The average Bonchev–Trinajstić information content (AvgIpc) is 2.37. The molecular weight excluding hydrogens is 308 g/mol. The van der Waals surface area contributed by atoms with Crippen molar-refractivity contribution in [1.29, 1.82) is 0 Å². The first-order chi connectivity index (χ1) is 9.08. The molecule has 20 heavy (non-hydrogen) atoms. The van der Waals surface area contributed by atoms with Gasteiger partial charge in [0, 0.05) is 6.42 Å². The van der Waals surface area contributed by atoms with Crippen LogP contribution in [0, 0.1) is 5.41 Å². The summed E-state index contributed by atoms with van der Waals surface area (Å²) in [6.45, 7) is -1.06. The molecule has 0 aromatic rings. The van der Waals surface area contributed by atoms with Gasteiger partial charge in [0.05, 0.1) is 7.11 Å². The van der Waals surface area contributed by atoms with Crippen molar-refractivity contribution in [2.24, 2.45) is 5.41 Å². The predicted octanol–water partition coefficient (Wildman–Crippen LogP) is 2.05. The third-order valence-electron chi connectivity index (χ3n) is 2.94. The van der Waals surface area contributed by atoms with Gasteiger partial charge >= 0.3 is 21.6 Å². The molecule has 0 radical (unpaired) electrons. The minimum atomic E-state index is -5.75. The highest BCUT2D eigenvalue weighted by molar-refractivity contribution is 7.87. The number of allylic oxidation sites excluding steroid dienone is 2. The number of carbonyl (C=O) groups excluding carboxylic acids is 1. The zero-order valence-corrected chi connectivity index (χ0v) is 11.2. The zero-order valence-electron chi connectivity index (χ0n) is 10.4. The molecular formula is C10H12F4O5S. The van der Waals surface area contributed by atoms with Gasteiger partial charge in [-0.3, -0.25) is 4.79 Å². The molecule has 1 unspecified atom stereocenters. The van der Waals surface area contributed by atoms with E-state index in [9.17, 15) is 30.8 Å². The van der Waals surface area contributed by atoms with Crippen molar-refractivity contribution in [2.45, 2.75) is 24.8 Å².